The van der Waals surface area contributed by atoms with Crippen molar-refractivity contribution in [2.75, 3.05) is 0 Å². The van der Waals surface area contributed by atoms with Gasteiger partial charge in [0.1, 0.15) is 0 Å². The van der Waals surface area contributed by atoms with Crippen molar-refractivity contribution >= 4 is 23.0 Å². The van der Waals surface area contributed by atoms with E-state index >= 15 is 0 Å². The Balaban J connectivity index is 2.40. The third-order valence-corrected chi connectivity index (χ3v) is 3.12. The fourth-order valence-electron chi connectivity index (χ4n) is 1.74. The molecule has 0 atom stereocenters. The minimum absolute atomic E-state index is 0.0711. The zero-order valence-electron chi connectivity index (χ0n) is 10.4. The number of halogens is 1. The quantitative estimate of drug-likeness (QED) is 0.636. The topological polar surface area (TPSA) is 108 Å². The SMILES string of the molecule is O=c1ccn(Cc2cc([N+](=O)[O-])ccc2Cl)cc1[N+](=O)[O-]. The normalized spacial score (nSPS) is 10.3. The van der Waals surface area contributed by atoms with Gasteiger partial charge in [-0.15, -0.1) is 0 Å². The highest BCUT2D eigenvalue weighted by Gasteiger charge is 2.14. The van der Waals surface area contributed by atoms with E-state index in [1.165, 1.54) is 29.0 Å². The van der Waals surface area contributed by atoms with E-state index in [0.29, 0.717) is 10.6 Å². The van der Waals surface area contributed by atoms with Crippen LogP contribution in [0, 0.1) is 20.2 Å². The Labute approximate surface area is 122 Å². The number of aromatic nitrogens is 1. The molecular weight excluding hydrogens is 302 g/mol. The van der Waals surface area contributed by atoms with Gasteiger partial charge in [-0.2, -0.15) is 0 Å². The molecule has 21 heavy (non-hydrogen) atoms. The lowest BCUT2D eigenvalue weighted by atomic mass is 10.2. The van der Waals surface area contributed by atoms with Gasteiger partial charge < -0.3 is 4.57 Å². The third kappa shape index (κ3) is 3.23. The molecule has 2 rings (SSSR count). The maximum Gasteiger partial charge on any atom is 0.332 e. The molecule has 2 aromatic rings. The van der Waals surface area contributed by atoms with Crippen LogP contribution in [0.15, 0.2) is 41.5 Å². The lowest BCUT2D eigenvalue weighted by molar-refractivity contribution is -0.386. The first-order valence-electron chi connectivity index (χ1n) is 5.66. The van der Waals surface area contributed by atoms with Gasteiger partial charge in [-0.1, -0.05) is 11.6 Å². The van der Waals surface area contributed by atoms with Crippen molar-refractivity contribution in [3.63, 3.8) is 0 Å². The maximum absolute atomic E-state index is 11.3. The van der Waals surface area contributed by atoms with E-state index in [2.05, 4.69) is 0 Å². The van der Waals surface area contributed by atoms with E-state index in [-0.39, 0.29) is 12.2 Å². The zero-order valence-corrected chi connectivity index (χ0v) is 11.2. The summed E-state index contributed by atoms with van der Waals surface area (Å²) < 4.78 is 1.37. The van der Waals surface area contributed by atoms with Crippen molar-refractivity contribution in [1.82, 2.24) is 4.57 Å². The summed E-state index contributed by atoms with van der Waals surface area (Å²) in [7, 11) is 0. The standard InChI is InChI=1S/C12H8ClN3O5/c13-10-2-1-9(15(18)19)5-8(10)6-14-4-3-12(17)11(7-14)16(20)21/h1-5,7H,6H2. The molecule has 0 bridgehead atoms. The van der Waals surface area contributed by atoms with Crippen LogP contribution in [0.5, 0.6) is 0 Å². The fourth-order valence-corrected chi connectivity index (χ4v) is 1.92. The predicted octanol–water partition coefficient (Wildman–Crippen LogP) is 2.37. The highest BCUT2D eigenvalue weighted by Crippen LogP contribution is 2.23. The first-order valence-corrected chi connectivity index (χ1v) is 6.03. The van der Waals surface area contributed by atoms with E-state index in [9.17, 15) is 25.0 Å². The molecule has 0 aliphatic carbocycles. The monoisotopic (exact) mass is 309 g/mol. The molecule has 0 fully saturated rings. The third-order valence-electron chi connectivity index (χ3n) is 2.75. The first kappa shape index (κ1) is 14.7. The first-order chi connectivity index (χ1) is 9.88. The molecule has 9 heteroatoms. The molecule has 0 aliphatic heterocycles. The van der Waals surface area contributed by atoms with Gasteiger partial charge in [0.25, 0.3) is 11.1 Å². The van der Waals surface area contributed by atoms with Crippen LogP contribution in [0.4, 0.5) is 11.4 Å². The zero-order chi connectivity index (χ0) is 15.6. The molecule has 0 unspecified atom stereocenters. The van der Waals surface area contributed by atoms with Gasteiger partial charge in [0.15, 0.2) is 0 Å². The summed E-state index contributed by atoms with van der Waals surface area (Å²) in [6.07, 6.45) is 2.42. The van der Waals surface area contributed by atoms with Crippen LogP contribution >= 0.6 is 11.6 Å². The number of rotatable bonds is 4. The summed E-state index contributed by atoms with van der Waals surface area (Å²) in [4.78, 5) is 31.4. The van der Waals surface area contributed by atoms with Gasteiger partial charge in [0.05, 0.1) is 16.0 Å². The Hall–Kier alpha value is -2.74. The van der Waals surface area contributed by atoms with Gasteiger partial charge in [0.2, 0.25) is 0 Å². The molecule has 0 aliphatic rings. The van der Waals surface area contributed by atoms with Crippen LogP contribution in [0.25, 0.3) is 0 Å². The van der Waals surface area contributed by atoms with Crippen molar-refractivity contribution in [2.45, 2.75) is 6.54 Å². The molecule has 8 nitrogen and oxygen atoms in total. The summed E-state index contributed by atoms with van der Waals surface area (Å²) in [6, 6.07) is 4.99. The molecule has 0 saturated carbocycles. The summed E-state index contributed by atoms with van der Waals surface area (Å²) in [6.45, 7) is 0.0711. The molecular formula is C12H8ClN3O5. The molecule has 0 saturated heterocycles. The minimum atomic E-state index is -0.784. The number of nitro groups is 2. The van der Waals surface area contributed by atoms with Gasteiger partial charge >= 0.3 is 5.69 Å². The molecule has 0 spiro atoms. The molecule has 1 heterocycles. The Kier molecular flexibility index (Phi) is 3.99. The van der Waals surface area contributed by atoms with Crippen LogP contribution in [0.1, 0.15) is 5.56 Å². The van der Waals surface area contributed by atoms with Crippen LogP contribution in [-0.4, -0.2) is 14.4 Å². The molecule has 1 aromatic heterocycles. The predicted molar refractivity (Wildman–Crippen MR) is 74.6 cm³/mol. The van der Waals surface area contributed by atoms with Crippen molar-refractivity contribution in [2.24, 2.45) is 0 Å². The number of hydrogen-bond donors (Lipinski definition) is 0. The molecule has 0 radical (unpaired) electrons. The highest BCUT2D eigenvalue weighted by molar-refractivity contribution is 6.31. The van der Waals surface area contributed by atoms with Gasteiger partial charge in [-0.05, 0) is 11.6 Å². The number of pyridine rings is 1. The second-order valence-corrected chi connectivity index (χ2v) is 4.56. The number of nitrogens with zero attached hydrogens (tertiary/aromatic N) is 3. The van der Waals surface area contributed by atoms with Gasteiger partial charge in [-0.3, -0.25) is 25.0 Å². The summed E-state index contributed by atoms with van der Waals surface area (Å²) in [5, 5.41) is 21.7. The van der Waals surface area contributed by atoms with Crippen LogP contribution in [-0.2, 0) is 6.54 Å². The van der Waals surface area contributed by atoms with Crippen molar-refractivity contribution in [3.8, 4) is 0 Å². The van der Waals surface area contributed by atoms with E-state index in [0.717, 1.165) is 12.3 Å². The molecule has 0 amide bonds. The minimum Gasteiger partial charge on any atom is -0.344 e. The largest absolute Gasteiger partial charge is 0.344 e. The smallest absolute Gasteiger partial charge is 0.332 e. The van der Waals surface area contributed by atoms with Crippen molar-refractivity contribution < 1.29 is 9.85 Å². The number of hydrogen-bond acceptors (Lipinski definition) is 5. The highest BCUT2D eigenvalue weighted by atomic mass is 35.5. The van der Waals surface area contributed by atoms with Gasteiger partial charge in [0, 0.05) is 36.0 Å². The lowest BCUT2D eigenvalue weighted by Gasteiger charge is -2.07. The average Bonchev–Trinajstić information content (AvgIpc) is 2.42. The van der Waals surface area contributed by atoms with Gasteiger partial charge in [-0.25, -0.2) is 0 Å². The Morgan fingerprint density at radius 3 is 2.48 bits per heavy atom. The average molecular weight is 310 g/mol. The summed E-state index contributed by atoms with van der Waals surface area (Å²) >= 11 is 5.95. The molecule has 108 valence electrons. The van der Waals surface area contributed by atoms with Crippen LogP contribution in [0.2, 0.25) is 5.02 Å². The Morgan fingerprint density at radius 2 is 1.86 bits per heavy atom. The summed E-state index contributed by atoms with van der Waals surface area (Å²) in [5.41, 5.74) is -0.991. The van der Waals surface area contributed by atoms with Crippen LogP contribution < -0.4 is 5.43 Å². The van der Waals surface area contributed by atoms with E-state index in [4.69, 9.17) is 11.6 Å². The number of non-ortho nitro benzene ring substituents is 1. The van der Waals surface area contributed by atoms with Crippen LogP contribution in [0.3, 0.4) is 0 Å². The fraction of sp³-hybridized carbons (Fsp3) is 0.0833. The van der Waals surface area contributed by atoms with E-state index in [1.54, 1.807) is 0 Å². The number of benzene rings is 1. The Bertz CT molecular complexity index is 787. The second-order valence-electron chi connectivity index (χ2n) is 4.16. The number of nitro benzene ring substituents is 1. The van der Waals surface area contributed by atoms with E-state index < -0.39 is 21.0 Å². The van der Waals surface area contributed by atoms with E-state index in [1.807, 2.05) is 0 Å². The second kappa shape index (κ2) is 5.71. The van der Waals surface area contributed by atoms with Crippen molar-refractivity contribution in [1.29, 1.82) is 0 Å². The maximum atomic E-state index is 11.3. The summed E-state index contributed by atoms with van der Waals surface area (Å²) in [5.74, 6) is 0. The molecule has 0 N–H and O–H groups in total. The molecule has 1 aromatic carbocycles. The Morgan fingerprint density at radius 1 is 1.14 bits per heavy atom. The lowest BCUT2D eigenvalue weighted by Crippen LogP contribution is -2.11. The van der Waals surface area contributed by atoms with Crippen molar-refractivity contribution in [3.05, 3.63) is 77.7 Å².